The Bertz CT molecular complexity index is 499. The zero-order valence-corrected chi connectivity index (χ0v) is 13.0. The molecule has 1 aromatic rings. The first-order chi connectivity index (χ1) is 10.8. The van der Waals surface area contributed by atoms with Crippen molar-refractivity contribution in [1.29, 1.82) is 0 Å². The molecule has 7 nitrogen and oxygen atoms in total. The fourth-order valence-corrected chi connectivity index (χ4v) is 3.32. The molecule has 1 amide bonds. The number of fused-ring (bicyclic) bond motifs is 1. The fourth-order valence-electron chi connectivity index (χ4n) is 3.32. The summed E-state index contributed by atoms with van der Waals surface area (Å²) in [5.41, 5.74) is 1.21. The van der Waals surface area contributed by atoms with Gasteiger partial charge in [-0.2, -0.15) is 0 Å². The van der Waals surface area contributed by atoms with Crippen LogP contribution in [0.25, 0.3) is 0 Å². The van der Waals surface area contributed by atoms with Gasteiger partial charge in [-0.1, -0.05) is 0 Å². The van der Waals surface area contributed by atoms with E-state index >= 15 is 0 Å². The lowest BCUT2D eigenvalue weighted by molar-refractivity contribution is -0.124. The first-order valence-corrected chi connectivity index (χ1v) is 7.86. The van der Waals surface area contributed by atoms with E-state index in [2.05, 4.69) is 19.8 Å². The molecule has 2 aliphatic rings. The highest BCUT2D eigenvalue weighted by Crippen LogP contribution is 2.25. The second-order valence-corrected chi connectivity index (χ2v) is 5.96. The third-order valence-corrected chi connectivity index (χ3v) is 4.47. The van der Waals surface area contributed by atoms with E-state index in [1.54, 1.807) is 0 Å². The van der Waals surface area contributed by atoms with Gasteiger partial charge < -0.3 is 19.4 Å². The Hall–Kier alpha value is -1.44. The first-order valence-electron chi connectivity index (χ1n) is 7.86. The second kappa shape index (κ2) is 7.21. The molecule has 7 heteroatoms. The van der Waals surface area contributed by atoms with Gasteiger partial charge in [0.15, 0.2) is 0 Å². The number of nitrogens with zero attached hydrogens (tertiary/aromatic N) is 3. The third-order valence-electron chi connectivity index (χ3n) is 4.47. The van der Waals surface area contributed by atoms with Gasteiger partial charge in [-0.15, -0.1) is 0 Å². The van der Waals surface area contributed by atoms with Crippen molar-refractivity contribution >= 4 is 5.91 Å². The Balaban J connectivity index is 1.65. The highest BCUT2D eigenvalue weighted by molar-refractivity contribution is 5.77. The van der Waals surface area contributed by atoms with E-state index < -0.39 is 0 Å². The highest BCUT2D eigenvalue weighted by Gasteiger charge is 2.30. The van der Waals surface area contributed by atoms with Crippen LogP contribution in [0.4, 0.5) is 0 Å². The van der Waals surface area contributed by atoms with Crippen molar-refractivity contribution in [3.8, 4) is 0 Å². The van der Waals surface area contributed by atoms with Crippen LogP contribution in [0.5, 0.6) is 0 Å². The number of nitrogens with one attached hydrogen (secondary N) is 1. The van der Waals surface area contributed by atoms with Crippen LogP contribution in [-0.4, -0.2) is 66.4 Å². The van der Waals surface area contributed by atoms with Crippen molar-refractivity contribution in [2.75, 3.05) is 40.0 Å². The number of amides is 1. The average Bonchev–Trinajstić information content (AvgIpc) is 3.02. The van der Waals surface area contributed by atoms with Crippen molar-refractivity contribution in [2.24, 2.45) is 0 Å². The molecular formula is C15H24N4O3. The van der Waals surface area contributed by atoms with E-state index in [0.29, 0.717) is 12.6 Å². The van der Waals surface area contributed by atoms with Crippen molar-refractivity contribution in [2.45, 2.75) is 31.5 Å². The molecule has 2 aliphatic heterocycles. The molecule has 0 radical (unpaired) electrons. The van der Waals surface area contributed by atoms with Gasteiger partial charge in [0.05, 0.1) is 18.1 Å². The Morgan fingerprint density at radius 2 is 2.32 bits per heavy atom. The smallest absolute Gasteiger partial charge is 0.246 e. The maximum Gasteiger partial charge on any atom is 0.246 e. The lowest BCUT2D eigenvalue weighted by Crippen LogP contribution is -2.48. The minimum atomic E-state index is -0.0765. The Morgan fingerprint density at radius 1 is 1.50 bits per heavy atom. The summed E-state index contributed by atoms with van der Waals surface area (Å²) in [7, 11) is 1.53. The zero-order chi connectivity index (χ0) is 15.4. The normalized spacial score (nSPS) is 23.2. The monoisotopic (exact) mass is 308 g/mol. The van der Waals surface area contributed by atoms with Gasteiger partial charge in [0.25, 0.3) is 0 Å². The molecule has 1 saturated heterocycles. The molecule has 0 unspecified atom stereocenters. The largest absolute Gasteiger partial charge is 0.381 e. The third kappa shape index (κ3) is 3.48. The SMILES string of the molecule is COCC(=O)NC[C@@H]1CN(C2CCOCC2)Cc2cncn21. The molecule has 122 valence electrons. The number of ether oxygens (including phenoxy) is 2. The first kappa shape index (κ1) is 15.5. The van der Waals surface area contributed by atoms with E-state index in [0.717, 1.165) is 39.1 Å². The fraction of sp³-hybridized carbons (Fsp3) is 0.733. The molecule has 22 heavy (non-hydrogen) atoms. The molecule has 1 fully saturated rings. The number of hydrogen-bond acceptors (Lipinski definition) is 5. The Morgan fingerprint density at radius 3 is 3.09 bits per heavy atom. The number of carbonyl (C=O) groups is 1. The summed E-state index contributed by atoms with van der Waals surface area (Å²) < 4.78 is 12.5. The van der Waals surface area contributed by atoms with Gasteiger partial charge in [-0.25, -0.2) is 4.98 Å². The van der Waals surface area contributed by atoms with E-state index in [9.17, 15) is 4.79 Å². The molecule has 1 N–H and O–H groups in total. The number of carbonyl (C=O) groups excluding carboxylic acids is 1. The summed E-state index contributed by atoms with van der Waals surface area (Å²) in [6.07, 6.45) is 5.95. The van der Waals surface area contributed by atoms with Crippen molar-refractivity contribution in [3.05, 3.63) is 18.2 Å². The van der Waals surface area contributed by atoms with Crippen LogP contribution >= 0.6 is 0 Å². The molecule has 1 aromatic heterocycles. The van der Waals surface area contributed by atoms with Crippen LogP contribution in [0.1, 0.15) is 24.6 Å². The summed E-state index contributed by atoms with van der Waals surface area (Å²) in [6, 6.07) is 0.782. The summed E-state index contributed by atoms with van der Waals surface area (Å²) >= 11 is 0. The summed E-state index contributed by atoms with van der Waals surface area (Å²) in [6.45, 7) is 4.25. The highest BCUT2D eigenvalue weighted by atomic mass is 16.5. The average molecular weight is 308 g/mol. The number of methoxy groups -OCH3 is 1. The molecule has 0 saturated carbocycles. The molecule has 0 aromatic carbocycles. The number of aromatic nitrogens is 2. The van der Waals surface area contributed by atoms with Gasteiger partial charge >= 0.3 is 0 Å². The predicted octanol–water partition coefficient (Wildman–Crippen LogP) is 0.181. The van der Waals surface area contributed by atoms with E-state index in [1.165, 1.54) is 12.8 Å². The zero-order valence-electron chi connectivity index (χ0n) is 13.0. The van der Waals surface area contributed by atoms with Crippen molar-refractivity contribution in [3.63, 3.8) is 0 Å². The van der Waals surface area contributed by atoms with Gasteiger partial charge in [0.2, 0.25) is 5.91 Å². The number of imidazole rings is 1. The van der Waals surface area contributed by atoms with Gasteiger partial charge in [0, 0.05) is 52.2 Å². The summed E-state index contributed by atoms with van der Waals surface area (Å²) in [5, 5.41) is 2.94. The molecule has 0 bridgehead atoms. The van der Waals surface area contributed by atoms with E-state index in [4.69, 9.17) is 9.47 Å². The van der Waals surface area contributed by atoms with Crippen LogP contribution < -0.4 is 5.32 Å². The van der Waals surface area contributed by atoms with Crippen LogP contribution in [0.15, 0.2) is 12.5 Å². The van der Waals surface area contributed by atoms with Gasteiger partial charge in [0.1, 0.15) is 6.61 Å². The van der Waals surface area contributed by atoms with Gasteiger partial charge in [-0.3, -0.25) is 9.69 Å². The van der Waals surface area contributed by atoms with Crippen LogP contribution in [0, 0.1) is 0 Å². The lowest BCUT2D eigenvalue weighted by atomic mass is 10.0. The summed E-state index contributed by atoms with van der Waals surface area (Å²) in [4.78, 5) is 18.4. The standard InChI is InChI=1S/C15H24N4O3/c1-21-10-15(20)17-7-14-9-18(12-2-4-22-5-3-12)8-13-6-16-11-19(13)14/h6,11-12,14H,2-5,7-10H2,1H3,(H,17,20)/t14-/m1/s1. The molecule has 1 atom stereocenters. The minimum Gasteiger partial charge on any atom is -0.381 e. The predicted molar refractivity (Wildman–Crippen MR) is 80.4 cm³/mol. The maximum absolute atomic E-state index is 11.6. The van der Waals surface area contributed by atoms with E-state index in [-0.39, 0.29) is 18.6 Å². The molecule has 0 spiro atoms. The van der Waals surface area contributed by atoms with Crippen LogP contribution in [0.2, 0.25) is 0 Å². The lowest BCUT2D eigenvalue weighted by Gasteiger charge is -2.40. The Labute approximate surface area is 130 Å². The van der Waals surface area contributed by atoms with Crippen molar-refractivity contribution in [1.82, 2.24) is 19.8 Å². The second-order valence-electron chi connectivity index (χ2n) is 5.96. The molecular weight excluding hydrogens is 284 g/mol. The Kier molecular flexibility index (Phi) is 5.07. The molecule has 3 rings (SSSR count). The number of hydrogen-bond donors (Lipinski definition) is 1. The summed E-state index contributed by atoms with van der Waals surface area (Å²) in [5.74, 6) is -0.0765. The minimum absolute atomic E-state index is 0.0765. The maximum atomic E-state index is 11.6. The molecule has 0 aliphatic carbocycles. The van der Waals surface area contributed by atoms with Crippen LogP contribution in [-0.2, 0) is 20.8 Å². The van der Waals surface area contributed by atoms with E-state index in [1.807, 2.05) is 12.5 Å². The topological polar surface area (TPSA) is 68.6 Å². The van der Waals surface area contributed by atoms with Crippen molar-refractivity contribution < 1.29 is 14.3 Å². The quantitative estimate of drug-likeness (QED) is 0.840. The van der Waals surface area contributed by atoms with Crippen LogP contribution in [0.3, 0.4) is 0 Å². The number of rotatable bonds is 5. The van der Waals surface area contributed by atoms with Gasteiger partial charge in [-0.05, 0) is 12.8 Å². The molecule has 3 heterocycles.